The Kier molecular flexibility index (Phi) is 2.21. The van der Waals surface area contributed by atoms with Crippen LogP contribution >= 0.6 is 15.9 Å². The second-order valence-corrected chi connectivity index (χ2v) is 4.66. The summed E-state index contributed by atoms with van der Waals surface area (Å²) < 4.78 is 11.9. The number of aryl methyl sites for hydroxylation is 1. The molecule has 1 unspecified atom stereocenters. The average molecular weight is 281 g/mol. The minimum absolute atomic E-state index is 0.148. The molecule has 1 aromatic carbocycles. The van der Waals surface area contributed by atoms with Crippen LogP contribution < -0.4 is 4.74 Å². The van der Waals surface area contributed by atoms with Crippen LogP contribution in [-0.2, 0) is 6.42 Å². The van der Waals surface area contributed by atoms with Gasteiger partial charge in [-0.1, -0.05) is 21.1 Å². The summed E-state index contributed by atoms with van der Waals surface area (Å²) in [5.74, 6) is 2.07. The van der Waals surface area contributed by atoms with Crippen molar-refractivity contribution < 1.29 is 9.26 Å². The van der Waals surface area contributed by atoms with E-state index in [-0.39, 0.29) is 6.10 Å². The van der Waals surface area contributed by atoms with Gasteiger partial charge in [0, 0.05) is 10.9 Å². The molecule has 1 aliphatic heterocycles. The Bertz CT molecular complexity index is 539. The fraction of sp³-hybridized carbons (Fsp3) is 0.273. The Morgan fingerprint density at radius 3 is 3.06 bits per heavy atom. The Morgan fingerprint density at radius 2 is 2.31 bits per heavy atom. The van der Waals surface area contributed by atoms with E-state index in [0.717, 1.165) is 22.2 Å². The van der Waals surface area contributed by atoms with Gasteiger partial charge in [0.15, 0.2) is 11.9 Å². The van der Waals surface area contributed by atoms with E-state index in [0.29, 0.717) is 11.7 Å². The van der Waals surface area contributed by atoms with Crippen LogP contribution in [0.1, 0.15) is 23.4 Å². The number of benzene rings is 1. The van der Waals surface area contributed by atoms with E-state index in [2.05, 4.69) is 32.1 Å². The predicted molar refractivity (Wildman–Crippen MR) is 60.3 cm³/mol. The summed E-state index contributed by atoms with van der Waals surface area (Å²) in [5.41, 5.74) is 1.16. The summed E-state index contributed by atoms with van der Waals surface area (Å²) in [5, 5.41) is 3.77. The van der Waals surface area contributed by atoms with Gasteiger partial charge < -0.3 is 9.26 Å². The molecule has 82 valence electrons. The Hall–Kier alpha value is -1.36. The summed E-state index contributed by atoms with van der Waals surface area (Å²) in [6.45, 7) is 1.80. The number of ether oxygens (including phenoxy) is 1. The van der Waals surface area contributed by atoms with Crippen LogP contribution in [0, 0.1) is 6.92 Å². The molecule has 0 aliphatic carbocycles. The molecule has 2 aromatic rings. The van der Waals surface area contributed by atoms with Crippen molar-refractivity contribution in [1.82, 2.24) is 10.1 Å². The highest BCUT2D eigenvalue weighted by Gasteiger charge is 2.28. The lowest BCUT2D eigenvalue weighted by Crippen LogP contribution is -2.03. The normalized spacial score (nSPS) is 18.2. The van der Waals surface area contributed by atoms with Gasteiger partial charge in [-0.15, -0.1) is 0 Å². The van der Waals surface area contributed by atoms with E-state index in [4.69, 9.17) is 9.26 Å². The zero-order chi connectivity index (χ0) is 11.1. The van der Waals surface area contributed by atoms with Crippen LogP contribution in [0.15, 0.2) is 27.2 Å². The van der Waals surface area contributed by atoms with Crippen molar-refractivity contribution in [3.8, 4) is 5.75 Å². The molecule has 16 heavy (non-hydrogen) atoms. The smallest absolute Gasteiger partial charge is 0.268 e. The standard InChI is InChI=1S/C11H9BrN2O2/c1-6-13-11(16-14-6)10-5-7-4-8(12)2-3-9(7)15-10/h2-4,10H,5H2,1H3. The first-order valence-corrected chi connectivity index (χ1v) is 5.77. The molecule has 2 heterocycles. The quantitative estimate of drug-likeness (QED) is 0.806. The molecule has 3 rings (SSSR count). The number of aromatic nitrogens is 2. The third-order valence-electron chi connectivity index (χ3n) is 2.52. The molecule has 0 radical (unpaired) electrons. The van der Waals surface area contributed by atoms with Gasteiger partial charge in [-0.3, -0.25) is 0 Å². The fourth-order valence-electron chi connectivity index (χ4n) is 1.80. The first kappa shape index (κ1) is 9.84. The number of hydrogen-bond donors (Lipinski definition) is 0. The zero-order valence-corrected chi connectivity index (χ0v) is 10.2. The number of rotatable bonds is 1. The minimum atomic E-state index is -0.148. The Morgan fingerprint density at radius 1 is 1.44 bits per heavy atom. The molecule has 0 bridgehead atoms. The molecule has 0 amide bonds. The minimum Gasteiger partial charge on any atom is -0.480 e. The molecule has 0 N–H and O–H groups in total. The first-order chi connectivity index (χ1) is 7.72. The lowest BCUT2D eigenvalue weighted by molar-refractivity contribution is 0.183. The van der Waals surface area contributed by atoms with Gasteiger partial charge in [-0.25, -0.2) is 0 Å². The van der Waals surface area contributed by atoms with Crippen molar-refractivity contribution in [3.05, 3.63) is 40.0 Å². The first-order valence-electron chi connectivity index (χ1n) is 4.97. The Labute approximate surface area is 101 Å². The maximum absolute atomic E-state index is 5.74. The van der Waals surface area contributed by atoms with Gasteiger partial charge in [0.2, 0.25) is 0 Å². The van der Waals surface area contributed by atoms with Gasteiger partial charge in [0.25, 0.3) is 5.89 Å². The van der Waals surface area contributed by atoms with Gasteiger partial charge >= 0.3 is 0 Å². The largest absolute Gasteiger partial charge is 0.480 e. The molecule has 5 heteroatoms. The second-order valence-electron chi connectivity index (χ2n) is 3.74. The molecule has 0 saturated heterocycles. The molecular formula is C11H9BrN2O2. The molecule has 0 saturated carbocycles. The summed E-state index contributed by atoms with van der Waals surface area (Å²) in [6.07, 6.45) is 0.627. The number of halogens is 1. The van der Waals surface area contributed by atoms with Crippen LogP contribution in [0.25, 0.3) is 0 Å². The fourth-order valence-corrected chi connectivity index (χ4v) is 2.21. The highest BCUT2D eigenvalue weighted by Crippen LogP contribution is 2.37. The van der Waals surface area contributed by atoms with Crippen LogP contribution in [-0.4, -0.2) is 10.1 Å². The predicted octanol–water partition coefficient (Wildman–Crippen LogP) is 2.82. The van der Waals surface area contributed by atoms with E-state index >= 15 is 0 Å². The molecule has 1 aliphatic rings. The molecule has 1 aromatic heterocycles. The molecule has 4 nitrogen and oxygen atoms in total. The van der Waals surface area contributed by atoms with Crippen molar-refractivity contribution in [3.63, 3.8) is 0 Å². The number of nitrogens with zero attached hydrogens (tertiary/aromatic N) is 2. The summed E-state index contributed by atoms with van der Waals surface area (Å²) in [7, 11) is 0. The van der Waals surface area contributed by atoms with Crippen molar-refractivity contribution in [2.45, 2.75) is 19.4 Å². The molecular weight excluding hydrogens is 272 g/mol. The lowest BCUT2D eigenvalue weighted by Gasteiger charge is -2.03. The van der Waals surface area contributed by atoms with E-state index in [9.17, 15) is 0 Å². The van der Waals surface area contributed by atoms with Crippen molar-refractivity contribution in [2.24, 2.45) is 0 Å². The van der Waals surface area contributed by atoms with Crippen molar-refractivity contribution in [2.75, 3.05) is 0 Å². The highest BCUT2D eigenvalue weighted by molar-refractivity contribution is 9.10. The zero-order valence-electron chi connectivity index (χ0n) is 8.61. The van der Waals surface area contributed by atoms with Crippen molar-refractivity contribution >= 4 is 15.9 Å². The van der Waals surface area contributed by atoms with E-state index in [1.807, 2.05) is 12.1 Å². The third-order valence-corrected chi connectivity index (χ3v) is 3.01. The number of fused-ring (bicyclic) bond motifs is 1. The molecule has 0 fully saturated rings. The van der Waals surface area contributed by atoms with E-state index in [1.165, 1.54) is 0 Å². The van der Waals surface area contributed by atoms with Crippen LogP contribution in [0.4, 0.5) is 0 Å². The molecule has 1 atom stereocenters. The average Bonchev–Trinajstić information content (AvgIpc) is 2.83. The maximum atomic E-state index is 5.74. The monoisotopic (exact) mass is 280 g/mol. The second kappa shape index (κ2) is 3.59. The topological polar surface area (TPSA) is 48.2 Å². The van der Waals surface area contributed by atoms with Crippen molar-refractivity contribution in [1.29, 1.82) is 0 Å². The van der Waals surface area contributed by atoms with Gasteiger partial charge in [0.1, 0.15) is 5.75 Å². The van der Waals surface area contributed by atoms with Gasteiger partial charge in [-0.05, 0) is 30.7 Å². The lowest BCUT2D eigenvalue weighted by atomic mass is 10.1. The molecule has 0 spiro atoms. The van der Waals surface area contributed by atoms with E-state index < -0.39 is 0 Å². The highest BCUT2D eigenvalue weighted by atomic mass is 79.9. The summed E-state index contributed by atoms with van der Waals surface area (Å²) in [4.78, 5) is 4.18. The SMILES string of the molecule is Cc1noc(C2Cc3cc(Br)ccc3O2)n1. The van der Waals surface area contributed by atoms with Crippen LogP contribution in [0.2, 0.25) is 0 Å². The Balaban J connectivity index is 1.90. The van der Waals surface area contributed by atoms with Crippen LogP contribution in [0.5, 0.6) is 5.75 Å². The maximum Gasteiger partial charge on any atom is 0.268 e. The summed E-state index contributed by atoms with van der Waals surface area (Å²) in [6, 6.07) is 5.96. The third kappa shape index (κ3) is 1.61. The summed E-state index contributed by atoms with van der Waals surface area (Å²) >= 11 is 3.44. The van der Waals surface area contributed by atoms with E-state index in [1.54, 1.807) is 6.92 Å². The van der Waals surface area contributed by atoms with Crippen LogP contribution in [0.3, 0.4) is 0 Å². The van der Waals surface area contributed by atoms with Gasteiger partial charge in [-0.2, -0.15) is 4.98 Å². The number of hydrogen-bond acceptors (Lipinski definition) is 4. The van der Waals surface area contributed by atoms with Gasteiger partial charge in [0.05, 0.1) is 0 Å².